The quantitative estimate of drug-likeness (QED) is 0.534. The van der Waals surface area contributed by atoms with E-state index < -0.39 is 0 Å². The average Bonchev–Trinajstić information content (AvgIpc) is 3.21. The van der Waals surface area contributed by atoms with Gasteiger partial charge in [0.2, 0.25) is 11.9 Å². The van der Waals surface area contributed by atoms with Crippen molar-refractivity contribution in [2.75, 3.05) is 44.2 Å². The van der Waals surface area contributed by atoms with Crippen molar-refractivity contribution in [1.82, 2.24) is 25.2 Å². The molecule has 0 bridgehead atoms. The highest BCUT2D eigenvalue weighted by molar-refractivity contribution is 5.83. The molecule has 4 rings (SSSR count). The van der Waals surface area contributed by atoms with E-state index >= 15 is 0 Å². The van der Waals surface area contributed by atoms with Gasteiger partial charge in [0.1, 0.15) is 0 Å². The van der Waals surface area contributed by atoms with E-state index in [-0.39, 0.29) is 5.91 Å². The van der Waals surface area contributed by atoms with Gasteiger partial charge in [-0.25, -0.2) is 9.97 Å². The molecule has 2 aromatic heterocycles. The molecule has 1 aliphatic rings. The molecular formula is C23H30N6O. The summed E-state index contributed by atoms with van der Waals surface area (Å²) in [5, 5.41) is 4.33. The van der Waals surface area contributed by atoms with Crippen molar-refractivity contribution in [1.29, 1.82) is 0 Å². The molecule has 0 radical (unpaired) electrons. The van der Waals surface area contributed by atoms with Crippen LogP contribution in [0.3, 0.4) is 0 Å². The maximum absolute atomic E-state index is 12.1. The molecule has 1 fully saturated rings. The molecule has 0 saturated carbocycles. The van der Waals surface area contributed by atoms with Crippen LogP contribution in [0.5, 0.6) is 0 Å². The summed E-state index contributed by atoms with van der Waals surface area (Å²) in [5.41, 5.74) is 2.45. The number of benzene rings is 1. The summed E-state index contributed by atoms with van der Waals surface area (Å²) in [6.45, 7) is 5.68. The Morgan fingerprint density at radius 3 is 2.67 bits per heavy atom. The number of aromatic nitrogens is 3. The van der Waals surface area contributed by atoms with Gasteiger partial charge in [0, 0.05) is 68.6 Å². The molecule has 0 aliphatic carbocycles. The number of nitrogens with one attached hydrogen (secondary N) is 2. The first-order chi connectivity index (χ1) is 14.8. The van der Waals surface area contributed by atoms with Crippen molar-refractivity contribution in [2.45, 2.75) is 25.7 Å². The summed E-state index contributed by atoms with van der Waals surface area (Å²) in [5.74, 6) is 0.970. The zero-order chi connectivity index (χ0) is 20.6. The summed E-state index contributed by atoms with van der Waals surface area (Å²) in [4.78, 5) is 28.8. The third kappa shape index (κ3) is 5.36. The third-order valence-corrected chi connectivity index (χ3v) is 5.71. The number of hydrogen-bond acceptors (Lipinski definition) is 5. The molecule has 1 amide bonds. The molecule has 7 nitrogen and oxygen atoms in total. The Morgan fingerprint density at radius 2 is 1.83 bits per heavy atom. The molecule has 7 heteroatoms. The Kier molecular flexibility index (Phi) is 6.92. The summed E-state index contributed by atoms with van der Waals surface area (Å²) < 4.78 is 0. The number of carbonyl (C=O) groups excluding carboxylic acids is 1. The first-order valence-corrected chi connectivity index (χ1v) is 10.9. The highest BCUT2D eigenvalue weighted by Crippen LogP contribution is 2.19. The molecule has 0 unspecified atom stereocenters. The van der Waals surface area contributed by atoms with Gasteiger partial charge in [0.15, 0.2) is 0 Å². The van der Waals surface area contributed by atoms with Crippen LogP contribution in [0.2, 0.25) is 0 Å². The summed E-state index contributed by atoms with van der Waals surface area (Å²) in [7, 11) is 0. The van der Waals surface area contributed by atoms with Gasteiger partial charge in [-0.2, -0.15) is 0 Å². The fourth-order valence-corrected chi connectivity index (χ4v) is 4.02. The van der Waals surface area contributed by atoms with E-state index in [0.717, 1.165) is 70.0 Å². The van der Waals surface area contributed by atoms with Crippen LogP contribution in [-0.2, 0) is 11.2 Å². The van der Waals surface area contributed by atoms with Gasteiger partial charge < -0.3 is 15.2 Å². The Morgan fingerprint density at radius 1 is 1.03 bits per heavy atom. The second-order valence-electron chi connectivity index (χ2n) is 7.79. The summed E-state index contributed by atoms with van der Waals surface area (Å²) >= 11 is 0. The Hall–Kier alpha value is -2.93. The molecule has 3 aromatic rings. The molecule has 0 atom stereocenters. The zero-order valence-electron chi connectivity index (χ0n) is 17.4. The average molecular weight is 407 g/mol. The molecule has 1 aromatic carbocycles. The number of nitrogens with zero attached hydrogens (tertiary/aromatic N) is 4. The molecule has 2 N–H and O–H groups in total. The molecule has 1 saturated heterocycles. The number of aryl methyl sites for hydroxylation is 1. The topological polar surface area (TPSA) is 77.2 Å². The van der Waals surface area contributed by atoms with Crippen LogP contribution in [-0.4, -0.2) is 65.0 Å². The van der Waals surface area contributed by atoms with Gasteiger partial charge in [-0.05, 0) is 43.5 Å². The second kappa shape index (κ2) is 10.2. The summed E-state index contributed by atoms with van der Waals surface area (Å²) in [6.07, 6.45) is 9.00. The van der Waals surface area contributed by atoms with Gasteiger partial charge in [-0.1, -0.05) is 18.2 Å². The number of para-hydroxylation sites is 1. The lowest BCUT2D eigenvalue weighted by atomic mass is 10.1. The highest BCUT2D eigenvalue weighted by atomic mass is 16.1. The van der Waals surface area contributed by atoms with Crippen molar-refractivity contribution < 1.29 is 4.79 Å². The van der Waals surface area contributed by atoms with E-state index in [0.29, 0.717) is 6.42 Å². The zero-order valence-corrected chi connectivity index (χ0v) is 17.4. The summed E-state index contributed by atoms with van der Waals surface area (Å²) in [6, 6.07) is 10.2. The minimum atomic E-state index is 0.154. The predicted molar refractivity (Wildman–Crippen MR) is 120 cm³/mol. The van der Waals surface area contributed by atoms with E-state index in [1.54, 1.807) is 12.4 Å². The predicted octanol–water partition coefficient (Wildman–Crippen LogP) is 2.61. The monoisotopic (exact) mass is 406 g/mol. The number of piperazine rings is 1. The molecule has 0 spiro atoms. The number of fused-ring (bicyclic) bond motifs is 1. The van der Waals surface area contributed by atoms with Crippen LogP contribution < -0.4 is 10.2 Å². The minimum Gasteiger partial charge on any atom is -0.361 e. The number of rotatable bonds is 9. The molecule has 158 valence electrons. The van der Waals surface area contributed by atoms with Crippen molar-refractivity contribution in [3.05, 3.63) is 54.5 Å². The van der Waals surface area contributed by atoms with E-state index in [4.69, 9.17) is 0 Å². The van der Waals surface area contributed by atoms with Crippen molar-refractivity contribution in [3.63, 3.8) is 0 Å². The second-order valence-corrected chi connectivity index (χ2v) is 7.79. The molecule has 1 aliphatic heterocycles. The molecular weight excluding hydrogens is 376 g/mol. The smallest absolute Gasteiger partial charge is 0.225 e. The van der Waals surface area contributed by atoms with Crippen molar-refractivity contribution in [2.24, 2.45) is 0 Å². The van der Waals surface area contributed by atoms with Gasteiger partial charge in [-0.15, -0.1) is 0 Å². The number of amides is 1. The fourth-order valence-electron chi connectivity index (χ4n) is 4.02. The maximum Gasteiger partial charge on any atom is 0.225 e. The van der Waals surface area contributed by atoms with Gasteiger partial charge >= 0.3 is 0 Å². The molecule has 3 heterocycles. The van der Waals surface area contributed by atoms with E-state index in [1.807, 2.05) is 12.1 Å². The first kappa shape index (κ1) is 20.3. The van der Waals surface area contributed by atoms with Crippen LogP contribution in [0.4, 0.5) is 5.95 Å². The Bertz CT molecular complexity index is 933. The molecule has 30 heavy (non-hydrogen) atoms. The van der Waals surface area contributed by atoms with E-state index in [2.05, 4.69) is 54.5 Å². The van der Waals surface area contributed by atoms with E-state index in [1.165, 1.54) is 10.9 Å². The van der Waals surface area contributed by atoms with Gasteiger partial charge in [0.25, 0.3) is 0 Å². The Balaban J connectivity index is 1.08. The largest absolute Gasteiger partial charge is 0.361 e. The number of hydrogen-bond donors (Lipinski definition) is 2. The normalized spacial score (nSPS) is 14.9. The maximum atomic E-state index is 12.1. The van der Waals surface area contributed by atoms with Crippen LogP contribution in [0, 0.1) is 0 Å². The van der Waals surface area contributed by atoms with Crippen LogP contribution in [0.15, 0.2) is 48.9 Å². The van der Waals surface area contributed by atoms with Crippen molar-refractivity contribution in [3.8, 4) is 0 Å². The minimum absolute atomic E-state index is 0.154. The number of carbonyl (C=O) groups is 1. The van der Waals surface area contributed by atoms with Crippen LogP contribution in [0.25, 0.3) is 10.9 Å². The lowest BCUT2D eigenvalue weighted by molar-refractivity contribution is -0.121. The van der Waals surface area contributed by atoms with Crippen molar-refractivity contribution >= 4 is 22.8 Å². The van der Waals surface area contributed by atoms with Gasteiger partial charge in [0.05, 0.1) is 0 Å². The highest BCUT2D eigenvalue weighted by Gasteiger charge is 2.18. The fraction of sp³-hybridized carbons (Fsp3) is 0.435. The van der Waals surface area contributed by atoms with E-state index in [9.17, 15) is 4.79 Å². The third-order valence-electron chi connectivity index (χ3n) is 5.71. The number of H-pyrrole nitrogens is 1. The van der Waals surface area contributed by atoms with Gasteiger partial charge in [-0.3, -0.25) is 9.69 Å². The lowest BCUT2D eigenvalue weighted by Gasteiger charge is -2.34. The lowest BCUT2D eigenvalue weighted by Crippen LogP contribution is -2.47. The Labute approximate surface area is 177 Å². The SMILES string of the molecule is O=C(CCCc1c[nH]c2ccccc12)NCCCN1CCN(c2ncccn2)CC1. The van der Waals surface area contributed by atoms with Crippen LogP contribution in [0.1, 0.15) is 24.8 Å². The van der Waals surface area contributed by atoms with Crippen LogP contribution >= 0.6 is 0 Å². The first-order valence-electron chi connectivity index (χ1n) is 10.9. The standard InChI is InChI=1S/C23H30N6O/c30-22(9-3-6-19-18-27-21-8-2-1-7-20(19)21)24-12-5-13-28-14-16-29(17-15-28)23-25-10-4-11-26-23/h1-2,4,7-8,10-11,18,27H,3,5-6,9,12-17H2,(H,24,30). The number of aromatic amines is 1. The number of anilines is 1.